The predicted molar refractivity (Wildman–Crippen MR) is 126 cm³/mol. The van der Waals surface area contributed by atoms with E-state index in [1.165, 1.54) is 30.2 Å². The van der Waals surface area contributed by atoms with Gasteiger partial charge in [0.1, 0.15) is 18.0 Å². The van der Waals surface area contributed by atoms with Crippen LogP contribution in [0.3, 0.4) is 0 Å². The first-order valence-electron chi connectivity index (χ1n) is 10.2. The van der Waals surface area contributed by atoms with Crippen molar-refractivity contribution in [2.75, 3.05) is 30.8 Å². The Balaban J connectivity index is 1.75. The smallest absolute Gasteiger partial charge is 0.293 e. The van der Waals surface area contributed by atoms with Gasteiger partial charge in [0.2, 0.25) is 5.91 Å². The van der Waals surface area contributed by atoms with Crippen molar-refractivity contribution in [3.8, 4) is 5.75 Å². The summed E-state index contributed by atoms with van der Waals surface area (Å²) in [6.45, 7) is 1.78. The van der Waals surface area contributed by atoms with Crippen LogP contribution in [0.1, 0.15) is 17.3 Å². The second kappa shape index (κ2) is 10.8. The number of carbonyl (C=O) groups is 2. The van der Waals surface area contributed by atoms with E-state index in [2.05, 4.69) is 10.6 Å². The van der Waals surface area contributed by atoms with Crippen molar-refractivity contribution in [3.05, 3.63) is 88.5 Å². The number of carbonyl (C=O) groups excluding carboxylic acids is 2. The quantitative estimate of drug-likeness (QED) is 0.369. The standard InChI is InChI=1S/C24H24N4O5/c1-3-27(16-23(29)26-19-10-7-11-20(15-19)33-2)24(30)17-12-13-21(22(14-17)28(31)32)25-18-8-5-4-6-9-18/h4-15,25H,3,16H2,1-2H3,(H,26,29). The Morgan fingerprint density at radius 1 is 1.00 bits per heavy atom. The van der Waals surface area contributed by atoms with Crippen LogP contribution >= 0.6 is 0 Å². The number of nitrogens with zero attached hydrogens (tertiary/aromatic N) is 2. The zero-order valence-electron chi connectivity index (χ0n) is 18.3. The lowest BCUT2D eigenvalue weighted by molar-refractivity contribution is -0.383. The summed E-state index contributed by atoms with van der Waals surface area (Å²) in [5, 5.41) is 17.3. The summed E-state index contributed by atoms with van der Waals surface area (Å²) in [6.07, 6.45) is 0. The molecule has 3 aromatic carbocycles. The van der Waals surface area contributed by atoms with E-state index in [-0.39, 0.29) is 30.0 Å². The van der Waals surface area contributed by atoms with Crippen molar-refractivity contribution >= 4 is 34.6 Å². The number of hydrogen-bond acceptors (Lipinski definition) is 6. The van der Waals surface area contributed by atoms with E-state index < -0.39 is 16.7 Å². The van der Waals surface area contributed by atoms with Crippen molar-refractivity contribution in [2.24, 2.45) is 0 Å². The first kappa shape index (κ1) is 23.3. The van der Waals surface area contributed by atoms with Gasteiger partial charge in [-0.2, -0.15) is 0 Å². The topological polar surface area (TPSA) is 114 Å². The summed E-state index contributed by atoms with van der Waals surface area (Å²) in [5.41, 5.74) is 1.37. The average Bonchev–Trinajstić information content (AvgIpc) is 2.83. The number of methoxy groups -OCH3 is 1. The number of rotatable bonds is 9. The van der Waals surface area contributed by atoms with Crippen LogP contribution in [0.5, 0.6) is 5.75 Å². The van der Waals surface area contributed by atoms with Crippen LogP contribution in [-0.2, 0) is 4.79 Å². The summed E-state index contributed by atoms with van der Waals surface area (Å²) in [4.78, 5) is 37.9. The Bertz CT molecular complexity index is 1150. The molecule has 0 bridgehead atoms. The maximum Gasteiger partial charge on any atom is 0.293 e. The lowest BCUT2D eigenvalue weighted by Crippen LogP contribution is -2.37. The van der Waals surface area contributed by atoms with Crippen molar-refractivity contribution < 1.29 is 19.2 Å². The van der Waals surface area contributed by atoms with Crippen LogP contribution in [0.2, 0.25) is 0 Å². The Hall–Kier alpha value is -4.40. The Labute approximate surface area is 191 Å². The van der Waals surface area contributed by atoms with Crippen LogP contribution < -0.4 is 15.4 Å². The number of likely N-dealkylation sites (N-methyl/N-ethyl adjacent to an activating group) is 1. The fourth-order valence-corrected chi connectivity index (χ4v) is 3.18. The molecule has 0 radical (unpaired) electrons. The van der Waals surface area contributed by atoms with E-state index in [1.807, 2.05) is 18.2 Å². The summed E-state index contributed by atoms with van der Waals surface area (Å²) in [7, 11) is 1.53. The summed E-state index contributed by atoms with van der Waals surface area (Å²) in [5.74, 6) is -0.282. The van der Waals surface area contributed by atoms with Crippen LogP contribution in [-0.4, -0.2) is 41.8 Å². The molecule has 9 nitrogen and oxygen atoms in total. The number of nitrogens with one attached hydrogen (secondary N) is 2. The predicted octanol–water partition coefficient (Wildman–Crippen LogP) is 4.45. The monoisotopic (exact) mass is 448 g/mol. The van der Waals surface area contributed by atoms with Gasteiger partial charge in [-0.15, -0.1) is 0 Å². The summed E-state index contributed by atoms with van der Waals surface area (Å²) >= 11 is 0. The minimum absolute atomic E-state index is 0.122. The van der Waals surface area contributed by atoms with Gasteiger partial charge in [-0.1, -0.05) is 24.3 Å². The molecule has 0 spiro atoms. The third-order valence-corrected chi connectivity index (χ3v) is 4.85. The van der Waals surface area contributed by atoms with Gasteiger partial charge in [0.25, 0.3) is 11.6 Å². The van der Waals surface area contributed by atoms with Gasteiger partial charge in [-0.3, -0.25) is 19.7 Å². The molecule has 0 fully saturated rings. The third kappa shape index (κ3) is 6.07. The second-order valence-electron chi connectivity index (χ2n) is 7.08. The zero-order chi connectivity index (χ0) is 23.8. The molecule has 0 aliphatic heterocycles. The number of amides is 2. The van der Waals surface area contributed by atoms with Crippen LogP contribution in [0, 0.1) is 10.1 Å². The molecule has 33 heavy (non-hydrogen) atoms. The number of hydrogen-bond donors (Lipinski definition) is 2. The highest BCUT2D eigenvalue weighted by Crippen LogP contribution is 2.29. The van der Waals surface area contributed by atoms with Crippen molar-refractivity contribution in [1.29, 1.82) is 0 Å². The summed E-state index contributed by atoms with van der Waals surface area (Å²) < 4.78 is 5.14. The van der Waals surface area contributed by atoms with E-state index in [9.17, 15) is 19.7 Å². The molecule has 2 N–H and O–H groups in total. The molecule has 0 unspecified atom stereocenters. The number of ether oxygens (including phenoxy) is 1. The molecular formula is C24H24N4O5. The summed E-state index contributed by atoms with van der Waals surface area (Å²) in [6, 6.07) is 20.1. The maximum atomic E-state index is 13.0. The van der Waals surface area contributed by atoms with Gasteiger partial charge < -0.3 is 20.3 Å². The van der Waals surface area contributed by atoms with E-state index >= 15 is 0 Å². The molecule has 0 atom stereocenters. The van der Waals surface area contributed by atoms with Crippen LogP contribution in [0.4, 0.5) is 22.7 Å². The molecule has 0 heterocycles. The molecule has 0 aromatic heterocycles. The van der Waals surface area contributed by atoms with Gasteiger partial charge in [-0.25, -0.2) is 0 Å². The largest absolute Gasteiger partial charge is 0.497 e. The number of para-hydroxylation sites is 1. The molecule has 0 saturated heterocycles. The number of nitro benzene ring substituents is 1. The number of benzene rings is 3. The minimum atomic E-state index is -0.548. The minimum Gasteiger partial charge on any atom is -0.497 e. The van der Waals surface area contributed by atoms with Crippen LogP contribution in [0.25, 0.3) is 0 Å². The molecule has 0 saturated carbocycles. The molecule has 0 aliphatic carbocycles. The van der Waals surface area contributed by atoms with E-state index in [0.717, 1.165) is 0 Å². The highest BCUT2D eigenvalue weighted by Gasteiger charge is 2.22. The zero-order valence-corrected chi connectivity index (χ0v) is 18.3. The number of nitro groups is 1. The highest BCUT2D eigenvalue weighted by molar-refractivity contribution is 6.00. The molecule has 3 rings (SSSR count). The van der Waals surface area contributed by atoms with Gasteiger partial charge in [0.05, 0.1) is 12.0 Å². The maximum absolute atomic E-state index is 13.0. The fraction of sp³-hybridized carbons (Fsp3) is 0.167. The second-order valence-corrected chi connectivity index (χ2v) is 7.08. The van der Waals surface area contributed by atoms with E-state index in [1.54, 1.807) is 43.3 Å². The van der Waals surface area contributed by atoms with Gasteiger partial charge in [-0.05, 0) is 43.3 Å². The Kier molecular flexibility index (Phi) is 7.59. The van der Waals surface area contributed by atoms with Gasteiger partial charge in [0.15, 0.2) is 0 Å². The van der Waals surface area contributed by atoms with Crippen LogP contribution in [0.15, 0.2) is 72.8 Å². The Morgan fingerprint density at radius 3 is 2.39 bits per heavy atom. The van der Waals surface area contributed by atoms with E-state index in [4.69, 9.17) is 4.74 Å². The highest BCUT2D eigenvalue weighted by atomic mass is 16.6. The molecule has 2 amide bonds. The SMILES string of the molecule is CCN(CC(=O)Nc1cccc(OC)c1)C(=O)c1ccc(Nc2ccccc2)c([N+](=O)[O-])c1. The van der Waals surface area contributed by atoms with Crippen molar-refractivity contribution in [1.82, 2.24) is 4.90 Å². The van der Waals surface area contributed by atoms with E-state index in [0.29, 0.717) is 17.1 Å². The molecule has 3 aromatic rings. The fourth-order valence-electron chi connectivity index (χ4n) is 3.18. The first-order valence-corrected chi connectivity index (χ1v) is 10.2. The molecular weight excluding hydrogens is 424 g/mol. The van der Waals surface area contributed by atoms with Crippen molar-refractivity contribution in [2.45, 2.75) is 6.92 Å². The lowest BCUT2D eigenvalue weighted by Gasteiger charge is -2.21. The normalized spacial score (nSPS) is 10.2. The van der Waals surface area contributed by atoms with Gasteiger partial charge >= 0.3 is 0 Å². The first-order chi connectivity index (χ1) is 15.9. The average molecular weight is 448 g/mol. The Morgan fingerprint density at radius 2 is 1.73 bits per heavy atom. The molecule has 0 aliphatic rings. The third-order valence-electron chi connectivity index (χ3n) is 4.85. The van der Waals surface area contributed by atoms with Gasteiger partial charge in [0, 0.05) is 35.6 Å². The number of anilines is 3. The van der Waals surface area contributed by atoms with Crippen molar-refractivity contribution in [3.63, 3.8) is 0 Å². The molecule has 9 heteroatoms. The molecule has 170 valence electrons. The lowest BCUT2D eigenvalue weighted by atomic mass is 10.1.